The first kappa shape index (κ1) is 21.6. The van der Waals surface area contributed by atoms with Gasteiger partial charge in [-0.2, -0.15) is 0 Å². The zero-order chi connectivity index (χ0) is 22.1. The first-order chi connectivity index (χ1) is 14.1. The first-order valence-electron chi connectivity index (χ1n) is 9.38. The molecule has 0 unspecified atom stereocenters. The Balaban J connectivity index is 1.92. The third-order valence-electron chi connectivity index (χ3n) is 4.75. The van der Waals surface area contributed by atoms with Crippen LogP contribution >= 0.6 is 0 Å². The molecule has 7 nitrogen and oxygen atoms in total. The van der Waals surface area contributed by atoms with Crippen LogP contribution in [0.3, 0.4) is 0 Å². The number of fused-ring (bicyclic) bond motifs is 1. The Bertz CT molecular complexity index is 1240. The second-order valence-electron chi connectivity index (χ2n) is 6.99. The molecule has 0 aliphatic heterocycles. The van der Waals surface area contributed by atoms with E-state index in [0.29, 0.717) is 18.0 Å². The highest BCUT2D eigenvalue weighted by atomic mass is 32.2. The van der Waals surface area contributed by atoms with E-state index in [2.05, 4.69) is 5.32 Å². The maximum atomic E-state index is 12.5. The van der Waals surface area contributed by atoms with E-state index in [1.165, 1.54) is 30.3 Å². The standard InChI is InChI=1S/C22H24N2O5S/c1-5-28-21-15(4)22-19(14(3)12-29-22)11-18(21)13(2)10-20(25)24-16-6-8-17(9-7-16)30(23,26)27/h6-12H,5H2,1-4H3,(H,24,25)(H2,23,26,27)/b13-10+. The molecular weight excluding hydrogens is 404 g/mol. The van der Waals surface area contributed by atoms with Crippen molar-refractivity contribution in [3.05, 3.63) is 59.4 Å². The van der Waals surface area contributed by atoms with Gasteiger partial charge in [0.25, 0.3) is 0 Å². The fraction of sp³-hybridized carbons (Fsp3) is 0.227. The van der Waals surface area contributed by atoms with E-state index < -0.39 is 10.0 Å². The monoisotopic (exact) mass is 428 g/mol. The molecule has 8 heteroatoms. The van der Waals surface area contributed by atoms with Gasteiger partial charge in [-0.25, -0.2) is 13.6 Å². The van der Waals surface area contributed by atoms with Crippen LogP contribution in [0.1, 0.15) is 30.5 Å². The van der Waals surface area contributed by atoms with Crippen molar-refractivity contribution >= 4 is 38.2 Å². The van der Waals surface area contributed by atoms with Crippen LogP contribution in [0.4, 0.5) is 5.69 Å². The maximum absolute atomic E-state index is 12.5. The van der Waals surface area contributed by atoms with Crippen LogP contribution in [-0.2, 0) is 14.8 Å². The summed E-state index contributed by atoms with van der Waals surface area (Å²) in [6.45, 7) is 8.11. The van der Waals surface area contributed by atoms with Gasteiger partial charge >= 0.3 is 0 Å². The molecule has 3 aromatic rings. The van der Waals surface area contributed by atoms with Crippen molar-refractivity contribution in [2.24, 2.45) is 5.14 Å². The molecule has 1 aromatic heterocycles. The number of benzene rings is 2. The minimum absolute atomic E-state index is 0.0205. The number of rotatable bonds is 6. The van der Waals surface area contributed by atoms with E-state index in [1.807, 2.05) is 33.8 Å². The summed E-state index contributed by atoms with van der Waals surface area (Å²) < 4.78 is 34.2. The van der Waals surface area contributed by atoms with Crippen LogP contribution in [0.15, 0.2) is 52.0 Å². The summed E-state index contributed by atoms with van der Waals surface area (Å²) in [5.41, 5.74) is 4.65. The number of hydrogen-bond acceptors (Lipinski definition) is 5. The Labute approximate surface area is 175 Å². The van der Waals surface area contributed by atoms with Crippen molar-refractivity contribution in [1.29, 1.82) is 0 Å². The molecule has 158 valence electrons. The lowest BCUT2D eigenvalue weighted by Gasteiger charge is -2.14. The number of nitrogens with two attached hydrogens (primary N) is 1. The summed E-state index contributed by atoms with van der Waals surface area (Å²) >= 11 is 0. The second-order valence-corrected chi connectivity index (χ2v) is 8.55. The number of nitrogens with one attached hydrogen (secondary N) is 1. The van der Waals surface area contributed by atoms with Crippen molar-refractivity contribution in [2.45, 2.75) is 32.6 Å². The highest BCUT2D eigenvalue weighted by Crippen LogP contribution is 2.37. The molecule has 1 heterocycles. The number of furan rings is 1. The number of carbonyl (C=O) groups excluding carboxylic acids is 1. The fourth-order valence-electron chi connectivity index (χ4n) is 3.24. The average molecular weight is 429 g/mol. The number of carbonyl (C=O) groups is 1. The highest BCUT2D eigenvalue weighted by molar-refractivity contribution is 7.89. The van der Waals surface area contributed by atoms with Crippen molar-refractivity contribution in [3.8, 4) is 5.75 Å². The number of aryl methyl sites for hydroxylation is 2. The SMILES string of the molecule is CCOc1c(/C(C)=C/C(=O)Nc2ccc(S(N)(=O)=O)cc2)cc2c(C)coc2c1C. The number of primary sulfonamides is 1. The van der Waals surface area contributed by atoms with Crippen LogP contribution in [0.25, 0.3) is 16.5 Å². The van der Waals surface area contributed by atoms with Gasteiger partial charge in [0.1, 0.15) is 11.3 Å². The third kappa shape index (κ3) is 4.39. The number of amides is 1. The van der Waals surface area contributed by atoms with E-state index in [-0.39, 0.29) is 10.8 Å². The van der Waals surface area contributed by atoms with E-state index in [1.54, 1.807) is 6.26 Å². The van der Waals surface area contributed by atoms with Crippen molar-refractivity contribution < 1.29 is 22.4 Å². The Morgan fingerprint density at radius 2 is 1.90 bits per heavy atom. The number of ether oxygens (including phenoxy) is 1. The third-order valence-corrected chi connectivity index (χ3v) is 5.68. The van der Waals surface area contributed by atoms with E-state index >= 15 is 0 Å². The Morgan fingerprint density at radius 3 is 2.50 bits per heavy atom. The highest BCUT2D eigenvalue weighted by Gasteiger charge is 2.17. The quantitative estimate of drug-likeness (QED) is 0.573. The van der Waals surface area contributed by atoms with Gasteiger partial charge in [0, 0.05) is 28.3 Å². The second kappa shape index (κ2) is 8.33. The van der Waals surface area contributed by atoms with Crippen molar-refractivity contribution in [3.63, 3.8) is 0 Å². The molecule has 0 spiro atoms. The molecule has 0 atom stereocenters. The normalized spacial score (nSPS) is 12.2. The number of allylic oxidation sites excluding steroid dienone is 1. The average Bonchev–Trinajstić information content (AvgIpc) is 3.04. The number of hydrogen-bond donors (Lipinski definition) is 2. The largest absolute Gasteiger partial charge is 0.493 e. The number of sulfonamides is 1. The van der Waals surface area contributed by atoms with Gasteiger partial charge in [0.15, 0.2) is 0 Å². The van der Waals surface area contributed by atoms with Gasteiger partial charge in [-0.15, -0.1) is 0 Å². The zero-order valence-electron chi connectivity index (χ0n) is 17.3. The van der Waals surface area contributed by atoms with Gasteiger partial charge in [-0.1, -0.05) is 0 Å². The lowest BCUT2D eigenvalue weighted by Crippen LogP contribution is -2.12. The van der Waals surface area contributed by atoms with Crippen molar-refractivity contribution in [2.75, 3.05) is 11.9 Å². The molecule has 0 bridgehead atoms. The predicted octanol–water partition coefficient (Wildman–Crippen LogP) is 4.14. The first-order valence-corrected chi connectivity index (χ1v) is 10.9. The molecule has 0 aliphatic rings. The zero-order valence-corrected chi connectivity index (χ0v) is 18.1. The van der Waals surface area contributed by atoms with Gasteiger partial charge in [-0.05, 0) is 69.2 Å². The smallest absolute Gasteiger partial charge is 0.248 e. The molecule has 0 fully saturated rings. The van der Waals surface area contributed by atoms with Crippen LogP contribution in [0.2, 0.25) is 0 Å². The Morgan fingerprint density at radius 1 is 1.23 bits per heavy atom. The lowest BCUT2D eigenvalue weighted by molar-refractivity contribution is -0.111. The summed E-state index contributed by atoms with van der Waals surface area (Å²) in [5.74, 6) is 0.332. The molecule has 0 aliphatic carbocycles. The van der Waals surface area contributed by atoms with Gasteiger partial charge in [0.05, 0.1) is 17.8 Å². The molecule has 3 rings (SSSR count). The molecule has 2 aromatic carbocycles. The number of anilines is 1. The molecule has 0 radical (unpaired) electrons. The summed E-state index contributed by atoms with van der Waals surface area (Å²) in [7, 11) is -3.78. The van der Waals surface area contributed by atoms with Gasteiger partial charge in [-0.3, -0.25) is 4.79 Å². The Kier molecular flexibility index (Phi) is 6.00. The molecular formula is C22H24N2O5S. The minimum atomic E-state index is -3.78. The summed E-state index contributed by atoms with van der Waals surface area (Å²) in [6, 6.07) is 7.61. The molecule has 3 N–H and O–H groups in total. The van der Waals surface area contributed by atoms with Crippen LogP contribution in [0, 0.1) is 13.8 Å². The van der Waals surface area contributed by atoms with E-state index in [9.17, 15) is 13.2 Å². The fourth-order valence-corrected chi connectivity index (χ4v) is 3.76. The summed E-state index contributed by atoms with van der Waals surface area (Å²) in [6.07, 6.45) is 3.18. The maximum Gasteiger partial charge on any atom is 0.248 e. The minimum Gasteiger partial charge on any atom is -0.493 e. The van der Waals surface area contributed by atoms with Gasteiger partial charge < -0.3 is 14.5 Å². The lowest BCUT2D eigenvalue weighted by atomic mass is 9.98. The van der Waals surface area contributed by atoms with Crippen LogP contribution in [-0.4, -0.2) is 20.9 Å². The van der Waals surface area contributed by atoms with Crippen molar-refractivity contribution in [1.82, 2.24) is 0 Å². The van der Waals surface area contributed by atoms with E-state index in [4.69, 9.17) is 14.3 Å². The molecule has 1 amide bonds. The molecule has 0 saturated carbocycles. The molecule has 0 saturated heterocycles. The topological polar surface area (TPSA) is 112 Å². The van der Waals surface area contributed by atoms with Crippen LogP contribution in [0.5, 0.6) is 5.75 Å². The Hall–Kier alpha value is -3.10. The van der Waals surface area contributed by atoms with E-state index in [0.717, 1.165) is 33.2 Å². The van der Waals surface area contributed by atoms with Crippen LogP contribution < -0.4 is 15.2 Å². The summed E-state index contributed by atoms with van der Waals surface area (Å²) in [4.78, 5) is 12.5. The predicted molar refractivity (Wildman–Crippen MR) is 117 cm³/mol. The van der Waals surface area contributed by atoms with Gasteiger partial charge in [0.2, 0.25) is 15.9 Å². The summed E-state index contributed by atoms with van der Waals surface area (Å²) in [5, 5.41) is 8.78. The molecule has 30 heavy (non-hydrogen) atoms.